The Morgan fingerprint density at radius 1 is 1.12 bits per heavy atom. The van der Waals surface area contributed by atoms with Gasteiger partial charge in [-0.05, 0) is 53.1 Å². The number of hydrogen-bond acceptors (Lipinski definition) is 2. The van der Waals surface area contributed by atoms with Gasteiger partial charge >= 0.3 is 0 Å². The number of primary amides is 1. The Kier molecular flexibility index (Phi) is 4.35. The van der Waals surface area contributed by atoms with E-state index in [0.717, 1.165) is 25.9 Å². The number of aryl methyl sites for hydroxylation is 1. The van der Waals surface area contributed by atoms with Crippen LogP contribution in [0.15, 0.2) is 42.5 Å². The van der Waals surface area contributed by atoms with E-state index in [1.54, 1.807) is 0 Å². The van der Waals surface area contributed by atoms with Gasteiger partial charge in [-0.15, -0.1) is 0 Å². The van der Waals surface area contributed by atoms with E-state index in [1.165, 1.54) is 22.4 Å². The van der Waals surface area contributed by atoms with Crippen LogP contribution in [0.2, 0.25) is 0 Å². The van der Waals surface area contributed by atoms with E-state index in [-0.39, 0.29) is 11.3 Å². The molecule has 0 atom stereocenters. The van der Waals surface area contributed by atoms with Gasteiger partial charge in [-0.2, -0.15) is 0 Å². The van der Waals surface area contributed by atoms with Gasteiger partial charge in [0.25, 0.3) is 0 Å². The maximum absolute atomic E-state index is 11.4. The smallest absolute Gasteiger partial charge is 0.248 e. The second-order valence-corrected chi connectivity index (χ2v) is 7.68. The summed E-state index contributed by atoms with van der Waals surface area (Å²) in [5.74, 6) is -0.354. The monoisotopic (exact) mass is 322 g/mol. The summed E-state index contributed by atoms with van der Waals surface area (Å²) in [6, 6.07) is 14.7. The highest BCUT2D eigenvalue weighted by molar-refractivity contribution is 5.93. The van der Waals surface area contributed by atoms with E-state index >= 15 is 0 Å². The SMILES string of the molecule is CC(C)(C)c1ccc(CN2CCCc3cc(C(N)=O)ccc32)cc1. The van der Waals surface area contributed by atoms with Crippen LogP contribution in [0.4, 0.5) is 5.69 Å². The zero-order chi connectivity index (χ0) is 17.3. The van der Waals surface area contributed by atoms with Crippen molar-refractivity contribution in [1.29, 1.82) is 0 Å². The zero-order valence-electron chi connectivity index (χ0n) is 14.8. The molecule has 0 saturated carbocycles. The molecule has 1 aliphatic rings. The maximum atomic E-state index is 11.4. The van der Waals surface area contributed by atoms with Crippen LogP contribution in [0.5, 0.6) is 0 Å². The molecular formula is C21H26N2O. The maximum Gasteiger partial charge on any atom is 0.248 e. The van der Waals surface area contributed by atoms with Crippen LogP contribution < -0.4 is 10.6 Å². The van der Waals surface area contributed by atoms with Crippen molar-refractivity contribution < 1.29 is 4.79 Å². The van der Waals surface area contributed by atoms with E-state index in [1.807, 2.05) is 18.2 Å². The summed E-state index contributed by atoms with van der Waals surface area (Å²) < 4.78 is 0. The van der Waals surface area contributed by atoms with Crippen LogP contribution in [0.3, 0.4) is 0 Å². The summed E-state index contributed by atoms with van der Waals surface area (Å²) >= 11 is 0. The summed E-state index contributed by atoms with van der Waals surface area (Å²) in [6.45, 7) is 8.65. The van der Waals surface area contributed by atoms with Crippen molar-refractivity contribution in [3.05, 3.63) is 64.7 Å². The normalized spacial score (nSPS) is 14.4. The highest BCUT2D eigenvalue weighted by atomic mass is 16.1. The molecule has 0 spiro atoms. The Hall–Kier alpha value is -2.29. The van der Waals surface area contributed by atoms with Crippen LogP contribution in [0, 0.1) is 0 Å². The molecule has 3 heteroatoms. The molecule has 0 aliphatic carbocycles. The fourth-order valence-electron chi connectivity index (χ4n) is 3.32. The molecule has 24 heavy (non-hydrogen) atoms. The van der Waals surface area contributed by atoms with Crippen LogP contribution in [0.1, 0.15) is 54.2 Å². The summed E-state index contributed by atoms with van der Waals surface area (Å²) in [7, 11) is 0. The van der Waals surface area contributed by atoms with Crippen molar-refractivity contribution in [3.8, 4) is 0 Å². The topological polar surface area (TPSA) is 46.3 Å². The number of hydrogen-bond donors (Lipinski definition) is 1. The van der Waals surface area contributed by atoms with Crippen LogP contribution >= 0.6 is 0 Å². The first-order valence-corrected chi connectivity index (χ1v) is 8.62. The van der Waals surface area contributed by atoms with Gasteiger partial charge in [-0.3, -0.25) is 4.79 Å². The minimum absolute atomic E-state index is 0.182. The molecule has 0 aromatic heterocycles. The molecule has 0 fully saturated rings. The third-order valence-electron chi connectivity index (χ3n) is 4.77. The average molecular weight is 322 g/mol. The molecule has 126 valence electrons. The van der Waals surface area contributed by atoms with Gasteiger partial charge in [-0.25, -0.2) is 0 Å². The standard InChI is InChI=1S/C21H26N2O/c1-21(2,3)18-9-6-15(7-10-18)14-23-12-4-5-16-13-17(20(22)24)8-11-19(16)23/h6-11,13H,4-5,12,14H2,1-3H3,(H2,22,24). The Morgan fingerprint density at radius 2 is 1.83 bits per heavy atom. The van der Waals surface area contributed by atoms with Crippen molar-refractivity contribution >= 4 is 11.6 Å². The summed E-state index contributed by atoms with van der Waals surface area (Å²) in [6.07, 6.45) is 2.12. The third-order valence-corrected chi connectivity index (χ3v) is 4.77. The lowest BCUT2D eigenvalue weighted by molar-refractivity contribution is 0.1000. The lowest BCUT2D eigenvalue weighted by Gasteiger charge is -2.32. The van der Waals surface area contributed by atoms with Crippen LogP contribution in [-0.2, 0) is 18.4 Å². The molecule has 3 nitrogen and oxygen atoms in total. The summed E-state index contributed by atoms with van der Waals surface area (Å²) in [5, 5.41) is 0. The van der Waals surface area contributed by atoms with Gasteiger partial charge in [0.15, 0.2) is 0 Å². The number of rotatable bonds is 3. The number of benzene rings is 2. The fraction of sp³-hybridized carbons (Fsp3) is 0.381. The molecule has 2 aromatic carbocycles. The van der Waals surface area contributed by atoms with E-state index in [2.05, 4.69) is 49.9 Å². The van der Waals surface area contributed by atoms with Crippen LogP contribution in [0.25, 0.3) is 0 Å². The van der Waals surface area contributed by atoms with Crippen molar-refractivity contribution in [3.63, 3.8) is 0 Å². The molecule has 1 aliphatic heterocycles. The van der Waals surface area contributed by atoms with Gasteiger partial charge in [-0.1, -0.05) is 45.0 Å². The van der Waals surface area contributed by atoms with E-state index in [0.29, 0.717) is 5.56 Å². The minimum atomic E-state index is -0.354. The number of fused-ring (bicyclic) bond motifs is 1. The number of amides is 1. The molecule has 3 rings (SSSR count). The third kappa shape index (κ3) is 3.45. The largest absolute Gasteiger partial charge is 0.367 e. The number of carbonyl (C=O) groups excluding carboxylic acids is 1. The molecule has 0 bridgehead atoms. The van der Waals surface area contributed by atoms with Gasteiger partial charge in [0.1, 0.15) is 0 Å². The lowest BCUT2D eigenvalue weighted by atomic mass is 9.86. The van der Waals surface area contributed by atoms with E-state index in [4.69, 9.17) is 5.73 Å². The summed E-state index contributed by atoms with van der Waals surface area (Å²) in [4.78, 5) is 13.8. The first kappa shape index (κ1) is 16.6. The van der Waals surface area contributed by atoms with Crippen LogP contribution in [-0.4, -0.2) is 12.5 Å². The second kappa shape index (κ2) is 6.31. The Bertz CT molecular complexity index is 741. The predicted molar refractivity (Wildman–Crippen MR) is 99.5 cm³/mol. The molecule has 0 saturated heterocycles. The lowest BCUT2D eigenvalue weighted by Crippen LogP contribution is -2.29. The molecule has 2 aromatic rings. The fourth-order valence-corrected chi connectivity index (χ4v) is 3.32. The molecule has 1 amide bonds. The summed E-state index contributed by atoms with van der Waals surface area (Å²) in [5.41, 5.74) is 11.3. The Morgan fingerprint density at radius 3 is 2.46 bits per heavy atom. The number of nitrogens with zero attached hydrogens (tertiary/aromatic N) is 1. The second-order valence-electron chi connectivity index (χ2n) is 7.68. The van der Waals surface area contributed by atoms with Gasteiger partial charge in [0.05, 0.1) is 0 Å². The first-order chi connectivity index (χ1) is 11.3. The molecule has 2 N–H and O–H groups in total. The quantitative estimate of drug-likeness (QED) is 0.927. The molecule has 0 unspecified atom stereocenters. The van der Waals surface area contributed by atoms with Gasteiger partial charge in [0.2, 0.25) is 5.91 Å². The Balaban J connectivity index is 1.81. The van der Waals surface area contributed by atoms with Gasteiger partial charge < -0.3 is 10.6 Å². The molecule has 0 radical (unpaired) electrons. The highest BCUT2D eigenvalue weighted by Gasteiger charge is 2.19. The number of anilines is 1. The highest BCUT2D eigenvalue weighted by Crippen LogP contribution is 2.30. The minimum Gasteiger partial charge on any atom is -0.367 e. The van der Waals surface area contributed by atoms with E-state index < -0.39 is 0 Å². The van der Waals surface area contributed by atoms with Crippen molar-refractivity contribution in [2.24, 2.45) is 5.73 Å². The van der Waals surface area contributed by atoms with E-state index in [9.17, 15) is 4.79 Å². The molecular weight excluding hydrogens is 296 g/mol. The van der Waals surface area contributed by atoms with Crippen molar-refractivity contribution in [2.45, 2.75) is 45.6 Å². The van der Waals surface area contributed by atoms with Crippen molar-refractivity contribution in [2.75, 3.05) is 11.4 Å². The molecule has 1 heterocycles. The Labute approximate surface area is 144 Å². The zero-order valence-corrected chi connectivity index (χ0v) is 14.8. The predicted octanol–water partition coefficient (Wildman–Crippen LogP) is 4.04. The average Bonchev–Trinajstić information content (AvgIpc) is 2.54. The number of carbonyl (C=O) groups is 1. The number of nitrogens with two attached hydrogens (primary N) is 1. The first-order valence-electron chi connectivity index (χ1n) is 8.62. The van der Waals surface area contributed by atoms with Gasteiger partial charge in [0, 0.05) is 24.3 Å². The van der Waals surface area contributed by atoms with Crippen molar-refractivity contribution in [1.82, 2.24) is 0 Å².